The minimum Gasteiger partial charge on any atom is -0.508 e. The summed E-state index contributed by atoms with van der Waals surface area (Å²) in [5.41, 5.74) is 2.98. The monoisotopic (exact) mass is 383 g/mol. The van der Waals surface area contributed by atoms with Crippen LogP contribution in [0.2, 0.25) is 0 Å². The van der Waals surface area contributed by atoms with Gasteiger partial charge in [-0.3, -0.25) is 14.4 Å². The summed E-state index contributed by atoms with van der Waals surface area (Å²) in [7, 11) is 0. The van der Waals surface area contributed by atoms with Crippen LogP contribution in [0.3, 0.4) is 0 Å². The predicted molar refractivity (Wildman–Crippen MR) is 102 cm³/mol. The maximum absolute atomic E-state index is 12.7. The molecule has 0 spiro atoms. The lowest BCUT2D eigenvalue weighted by atomic mass is 10.0. The molecule has 1 aromatic carbocycles. The summed E-state index contributed by atoms with van der Waals surface area (Å²) in [5.74, 6) is -1.04. The topological polar surface area (TPSA) is 110 Å². The fourth-order valence-corrected chi connectivity index (χ4v) is 3.38. The van der Waals surface area contributed by atoms with E-state index in [1.54, 1.807) is 19.9 Å². The second-order valence-corrected chi connectivity index (χ2v) is 6.80. The van der Waals surface area contributed by atoms with Gasteiger partial charge in [-0.15, -0.1) is 0 Å². The molecule has 2 aromatic heterocycles. The molecule has 7 nitrogen and oxygen atoms in total. The first-order valence-corrected chi connectivity index (χ1v) is 8.82. The number of furan rings is 1. The number of hydrogen-bond acceptors (Lipinski definition) is 6. The highest BCUT2D eigenvalue weighted by molar-refractivity contribution is 6.05. The van der Waals surface area contributed by atoms with Gasteiger partial charge in [0, 0.05) is 28.3 Å². The molecule has 0 unspecified atom stereocenters. The Bertz CT molecular complexity index is 1090. The lowest BCUT2D eigenvalue weighted by Gasteiger charge is -2.12. The highest BCUT2D eigenvalue weighted by Crippen LogP contribution is 2.26. The average Bonchev–Trinajstić information content (AvgIpc) is 3.13. The van der Waals surface area contributed by atoms with Crippen LogP contribution in [0.5, 0.6) is 5.75 Å². The Hall–Kier alpha value is -3.35. The number of phenols is 1. The van der Waals surface area contributed by atoms with Crippen molar-refractivity contribution >= 4 is 28.5 Å². The summed E-state index contributed by atoms with van der Waals surface area (Å²) in [4.78, 5) is 39.6. The van der Waals surface area contributed by atoms with Gasteiger partial charge in [0.15, 0.2) is 11.9 Å². The molecule has 2 N–H and O–H groups in total. The number of carbonyl (C=O) groups excluding carboxylic acids is 3. The average molecular weight is 383 g/mol. The number of aromatic hydroxyl groups is 1. The molecule has 0 aliphatic carbocycles. The van der Waals surface area contributed by atoms with Gasteiger partial charge in [0.05, 0.1) is 18.4 Å². The van der Waals surface area contributed by atoms with E-state index < -0.39 is 17.9 Å². The number of nitrogens with one attached hydrogen (secondary N) is 1. The van der Waals surface area contributed by atoms with Crippen molar-refractivity contribution in [2.75, 3.05) is 0 Å². The van der Waals surface area contributed by atoms with Gasteiger partial charge in [-0.05, 0) is 45.4 Å². The predicted octanol–water partition coefficient (Wildman–Crippen LogP) is 3.64. The molecule has 2 heterocycles. The van der Waals surface area contributed by atoms with Crippen molar-refractivity contribution in [1.29, 1.82) is 0 Å². The second kappa shape index (κ2) is 7.34. The molecule has 0 saturated heterocycles. The zero-order valence-corrected chi connectivity index (χ0v) is 16.1. The lowest BCUT2D eigenvalue weighted by Crippen LogP contribution is -2.26. The molecule has 3 rings (SSSR count). The van der Waals surface area contributed by atoms with Crippen molar-refractivity contribution in [2.24, 2.45) is 0 Å². The number of rotatable bonds is 6. The normalized spacial score (nSPS) is 12.1. The Morgan fingerprint density at radius 1 is 1.25 bits per heavy atom. The number of H-pyrrole nitrogens is 1. The van der Waals surface area contributed by atoms with Crippen LogP contribution in [0.15, 0.2) is 28.9 Å². The molecule has 0 radical (unpaired) electrons. The third-order valence-corrected chi connectivity index (χ3v) is 4.69. The van der Waals surface area contributed by atoms with Gasteiger partial charge in [0.25, 0.3) is 0 Å². The van der Waals surface area contributed by atoms with E-state index in [4.69, 9.17) is 9.15 Å². The molecule has 28 heavy (non-hydrogen) atoms. The number of ether oxygens (including phenoxy) is 1. The number of carbonyl (C=O) groups is 3. The Labute approximate surface area is 161 Å². The summed E-state index contributed by atoms with van der Waals surface area (Å²) >= 11 is 0. The van der Waals surface area contributed by atoms with E-state index in [0.29, 0.717) is 33.4 Å². The minimum absolute atomic E-state index is 0.0664. The Morgan fingerprint density at radius 3 is 2.61 bits per heavy atom. The molecular formula is C21H21NO6. The van der Waals surface area contributed by atoms with Gasteiger partial charge >= 0.3 is 5.97 Å². The SMILES string of the molecule is CC(=O)c1c(C)[nH]c(C(=O)[C@H](C)OC(=O)Cc2coc3cc(O)ccc23)c1C. The summed E-state index contributed by atoms with van der Waals surface area (Å²) in [6.07, 6.45) is 0.345. The number of aromatic nitrogens is 1. The molecule has 0 aliphatic heterocycles. The van der Waals surface area contributed by atoms with Gasteiger partial charge in [-0.25, -0.2) is 0 Å². The Balaban J connectivity index is 1.72. The van der Waals surface area contributed by atoms with E-state index in [2.05, 4.69) is 4.98 Å². The van der Waals surface area contributed by atoms with Crippen molar-refractivity contribution in [2.45, 2.75) is 40.2 Å². The summed E-state index contributed by atoms with van der Waals surface area (Å²) in [6, 6.07) is 4.61. The van der Waals surface area contributed by atoms with Crippen molar-refractivity contribution in [3.63, 3.8) is 0 Å². The van der Waals surface area contributed by atoms with Crippen molar-refractivity contribution in [3.8, 4) is 5.75 Å². The molecule has 3 aromatic rings. The minimum atomic E-state index is -1.01. The summed E-state index contributed by atoms with van der Waals surface area (Å²) in [6.45, 7) is 6.35. The third-order valence-electron chi connectivity index (χ3n) is 4.69. The number of aryl methyl sites for hydroxylation is 1. The fraction of sp³-hybridized carbons (Fsp3) is 0.286. The Morgan fingerprint density at radius 2 is 1.96 bits per heavy atom. The number of esters is 1. The van der Waals surface area contributed by atoms with Gasteiger partial charge in [-0.1, -0.05) is 0 Å². The van der Waals surface area contributed by atoms with E-state index in [1.807, 2.05) is 0 Å². The van der Waals surface area contributed by atoms with Crippen LogP contribution in [0.4, 0.5) is 0 Å². The molecule has 0 bridgehead atoms. The molecule has 0 amide bonds. The maximum atomic E-state index is 12.7. The molecular weight excluding hydrogens is 362 g/mol. The number of benzene rings is 1. The van der Waals surface area contributed by atoms with Crippen molar-refractivity contribution in [3.05, 3.63) is 52.5 Å². The standard InChI is InChI=1S/C21H21NO6/c1-10-19(12(3)23)11(2)22-20(10)21(26)13(4)28-18(25)7-14-9-27-17-8-15(24)5-6-16(14)17/h5-6,8-9,13,22,24H,7H2,1-4H3/t13-/m0/s1. The lowest BCUT2D eigenvalue weighted by molar-refractivity contribution is -0.145. The number of phenolic OH excluding ortho intramolecular Hbond substituents is 1. The van der Waals surface area contributed by atoms with E-state index in [-0.39, 0.29) is 23.6 Å². The highest BCUT2D eigenvalue weighted by atomic mass is 16.5. The number of hydrogen-bond donors (Lipinski definition) is 2. The van der Waals surface area contributed by atoms with Gasteiger partial charge < -0.3 is 19.2 Å². The van der Waals surface area contributed by atoms with E-state index in [1.165, 1.54) is 32.2 Å². The first-order valence-electron chi connectivity index (χ1n) is 8.82. The molecule has 0 aliphatic rings. The zero-order chi connectivity index (χ0) is 20.6. The Kier molecular flexibility index (Phi) is 5.09. The third kappa shape index (κ3) is 3.55. The second-order valence-electron chi connectivity index (χ2n) is 6.80. The first-order chi connectivity index (χ1) is 13.2. The van der Waals surface area contributed by atoms with E-state index >= 15 is 0 Å². The van der Waals surface area contributed by atoms with Crippen LogP contribution in [-0.2, 0) is 16.0 Å². The van der Waals surface area contributed by atoms with Crippen LogP contribution in [-0.4, -0.2) is 33.7 Å². The molecule has 146 valence electrons. The van der Waals surface area contributed by atoms with Gasteiger partial charge in [0.2, 0.25) is 5.78 Å². The molecule has 0 fully saturated rings. The highest BCUT2D eigenvalue weighted by Gasteiger charge is 2.26. The number of ketones is 2. The zero-order valence-electron chi connectivity index (χ0n) is 16.1. The van der Waals surface area contributed by atoms with E-state index in [9.17, 15) is 19.5 Å². The quantitative estimate of drug-likeness (QED) is 0.497. The molecule has 0 saturated carbocycles. The fourth-order valence-electron chi connectivity index (χ4n) is 3.38. The summed E-state index contributed by atoms with van der Waals surface area (Å²) in [5, 5.41) is 10.2. The number of aromatic amines is 1. The van der Waals surface area contributed by atoms with Crippen molar-refractivity contribution < 1.29 is 28.6 Å². The number of Topliss-reactive ketones (excluding diaryl/α,β-unsaturated/α-hetero) is 2. The van der Waals surface area contributed by atoms with Crippen LogP contribution in [0, 0.1) is 13.8 Å². The van der Waals surface area contributed by atoms with E-state index in [0.717, 1.165) is 0 Å². The molecule has 7 heteroatoms. The molecule has 1 atom stereocenters. The largest absolute Gasteiger partial charge is 0.508 e. The van der Waals surface area contributed by atoms with Gasteiger partial charge in [0.1, 0.15) is 11.3 Å². The van der Waals surface area contributed by atoms with Crippen molar-refractivity contribution in [1.82, 2.24) is 4.98 Å². The van der Waals surface area contributed by atoms with Crippen LogP contribution < -0.4 is 0 Å². The smallest absolute Gasteiger partial charge is 0.311 e. The van der Waals surface area contributed by atoms with Crippen LogP contribution in [0.25, 0.3) is 11.0 Å². The number of fused-ring (bicyclic) bond motifs is 1. The summed E-state index contributed by atoms with van der Waals surface area (Å²) < 4.78 is 10.6. The van der Waals surface area contributed by atoms with Gasteiger partial charge in [-0.2, -0.15) is 0 Å². The van der Waals surface area contributed by atoms with Crippen LogP contribution in [0.1, 0.15) is 51.5 Å². The maximum Gasteiger partial charge on any atom is 0.311 e. The first kappa shape index (κ1) is 19.4. The van der Waals surface area contributed by atoms with Crippen LogP contribution >= 0.6 is 0 Å².